The van der Waals surface area contributed by atoms with Crippen LogP contribution in [-0.2, 0) is 31.4 Å². The topological polar surface area (TPSA) is 45.0 Å². The number of halogens is 2. The van der Waals surface area contributed by atoms with Crippen molar-refractivity contribution in [2.75, 3.05) is 39.9 Å². The summed E-state index contributed by atoms with van der Waals surface area (Å²) in [7, 11) is 4.07. The van der Waals surface area contributed by atoms with Crippen LogP contribution in [0.5, 0.6) is 0 Å². The van der Waals surface area contributed by atoms with Crippen molar-refractivity contribution in [1.29, 1.82) is 0 Å². The third kappa shape index (κ3) is 7.44. The average molecular weight is 546 g/mol. The monoisotopic (exact) mass is 545 g/mol. The number of aromatic nitrogens is 1. The Kier molecular flexibility index (Phi) is 10.4. The van der Waals surface area contributed by atoms with Gasteiger partial charge in [0.25, 0.3) is 0 Å². The lowest BCUT2D eigenvalue weighted by Crippen LogP contribution is -2.38. The first-order valence-corrected chi connectivity index (χ1v) is 10.6. The lowest BCUT2D eigenvalue weighted by Gasteiger charge is -2.26. The minimum atomic E-state index is 0. The Balaban J connectivity index is 0.00000320. The van der Waals surface area contributed by atoms with Gasteiger partial charge in [-0.1, -0.05) is 35.9 Å². The van der Waals surface area contributed by atoms with Crippen LogP contribution in [0.15, 0.2) is 41.5 Å². The first-order valence-electron chi connectivity index (χ1n) is 10.2. The zero-order valence-corrected chi connectivity index (χ0v) is 21.2. The molecule has 0 bridgehead atoms. The van der Waals surface area contributed by atoms with Gasteiger partial charge in [0.05, 0.1) is 31.3 Å². The highest BCUT2D eigenvalue weighted by molar-refractivity contribution is 14.0. The van der Waals surface area contributed by atoms with E-state index in [4.69, 9.17) is 21.3 Å². The number of ether oxygens (including phenoxy) is 1. The molecule has 1 aliphatic rings. The van der Waals surface area contributed by atoms with E-state index in [-0.39, 0.29) is 24.0 Å². The summed E-state index contributed by atoms with van der Waals surface area (Å²) in [5.74, 6) is 0.892. The molecule has 1 N–H and O–H groups in total. The fraction of sp³-hybridized carbons (Fsp3) is 0.500. The van der Waals surface area contributed by atoms with Crippen LogP contribution in [-0.4, -0.2) is 60.2 Å². The van der Waals surface area contributed by atoms with E-state index in [0.29, 0.717) is 6.54 Å². The van der Waals surface area contributed by atoms with Gasteiger partial charge >= 0.3 is 0 Å². The Morgan fingerprint density at radius 2 is 1.97 bits per heavy atom. The molecule has 0 amide bonds. The number of rotatable bonds is 7. The maximum atomic E-state index is 6.12. The maximum Gasteiger partial charge on any atom is 0.194 e. The number of morpholine rings is 1. The van der Waals surface area contributed by atoms with Crippen molar-refractivity contribution in [3.8, 4) is 0 Å². The van der Waals surface area contributed by atoms with E-state index in [2.05, 4.69) is 57.9 Å². The molecule has 2 heterocycles. The molecule has 0 aliphatic carbocycles. The van der Waals surface area contributed by atoms with E-state index in [0.717, 1.165) is 62.6 Å². The molecule has 3 rings (SSSR count). The largest absolute Gasteiger partial charge is 0.379 e. The van der Waals surface area contributed by atoms with E-state index in [9.17, 15) is 0 Å². The minimum absolute atomic E-state index is 0. The Hall–Kier alpha value is -1.29. The molecule has 8 heteroatoms. The highest BCUT2D eigenvalue weighted by atomic mass is 127. The van der Waals surface area contributed by atoms with Crippen molar-refractivity contribution in [3.05, 3.63) is 58.4 Å². The molecule has 0 radical (unpaired) electrons. The first kappa shape index (κ1) is 25.0. The molecule has 0 atom stereocenters. The molecule has 1 saturated heterocycles. The molecule has 1 aromatic heterocycles. The highest BCUT2D eigenvalue weighted by Gasteiger charge is 2.12. The van der Waals surface area contributed by atoms with Crippen molar-refractivity contribution in [2.24, 2.45) is 12.0 Å². The summed E-state index contributed by atoms with van der Waals surface area (Å²) >= 11 is 6.12. The fourth-order valence-corrected chi connectivity index (χ4v) is 3.79. The zero-order chi connectivity index (χ0) is 20.6. The molecule has 166 valence electrons. The molecule has 0 spiro atoms. The van der Waals surface area contributed by atoms with Gasteiger partial charge in [-0.05, 0) is 24.1 Å². The molecule has 30 heavy (non-hydrogen) atoms. The summed E-state index contributed by atoms with van der Waals surface area (Å²) in [4.78, 5) is 9.43. The average Bonchev–Trinajstić information content (AvgIpc) is 3.03. The maximum absolute atomic E-state index is 6.12. The van der Waals surface area contributed by atoms with Crippen LogP contribution in [0.25, 0.3) is 0 Å². The van der Waals surface area contributed by atoms with Gasteiger partial charge in [-0.3, -0.25) is 4.90 Å². The number of nitrogens with one attached hydrogen (secondary N) is 1. The third-order valence-corrected chi connectivity index (χ3v) is 5.29. The lowest BCUT2D eigenvalue weighted by atomic mass is 10.1. The summed E-state index contributed by atoms with van der Waals surface area (Å²) in [6.07, 6.45) is 1.93. The van der Waals surface area contributed by atoms with E-state index < -0.39 is 0 Å². The second-order valence-electron chi connectivity index (χ2n) is 7.50. The van der Waals surface area contributed by atoms with E-state index in [1.165, 1.54) is 11.1 Å². The van der Waals surface area contributed by atoms with Gasteiger partial charge in [-0.25, -0.2) is 4.99 Å². The number of hydrogen-bond donors (Lipinski definition) is 1. The van der Waals surface area contributed by atoms with E-state index in [1.54, 1.807) is 0 Å². The molecule has 1 aromatic carbocycles. The summed E-state index contributed by atoms with van der Waals surface area (Å²) in [5, 5.41) is 4.15. The molecule has 1 aliphatic heterocycles. The van der Waals surface area contributed by atoms with Gasteiger partial charge < -0.3 is 19.5 Å². The van der Waals surface area contributed by atoms with Gasteiger partial charge in [-0.2, -0.15) is 0 Å². The minimum Gasteiger partial charge on any atom is -0.379 e. The fourth-order valence-electron chi connectivity index (χ4n) is 3.52. The van der Waals surface area contributed by atoms with Crippen molar-refractivity contribution >= 4 is 41.5 Å². The second-order valence-corrected chi connectivity index (χ2v) is 7.93. The normalized spacial score (nSPS) is 15.0. The third-order valence-electron chi connectivity index (χ3n) is 5.08. The summed E-state index contributed by atoms with van der Waals surface area (Å²) < 4.78 is 7.50. The SMILES string of the molecule is CCNC(=NCc1cccc(CN2CCOCC2)c1)N(C)Cc1cc(Cl)cn1C.I. The molecule has 6 nitrogen and oxygen atoms in total. The van der Waals surface area contributed by atoms with Gasteiger partial charge in [-0.15, -0.1) is 24.0 Å². The molecular weight excluding hydrogens is 513 g/mol. The second kappa shape index (κ2) is 12.5. The quantitative estimate of drug-likeness (QED) is 0.327. The molecule has 2 aromatic rings. The molecule has 0 unspecified atom stereocenters. The number of nitrogens with zero attached hydrogens (tertiary/aromatic N) is 4. The van der Waals surface area contributed by atoms with Crippen molar-refractivity contribution in [1.82, 2.24) is 19.7 Å². The van der Waals surface area contributed by atoms with E-state index in [1.807, 2.05) is 19.3 Å². The van der Waals surface area contributed by atoms with Gasteiger partial charge in [0.2, 0.25) is 0 Å². The molecule has 1 fully saturated rings. The van der Waals surface area contributed by atoms with Crippen molar-refractivity contribution in [2.45, 2.75) is 26.6 Å². The van der Waals surface area contributed by atoms with Gasteiger partial charge in [0.1, 0.15) is 0 Å². The van der Waals surface area contributed by atoms with Crippen LogP contribution in [0.4, 0.5) is 0 Å². The predicted molar refractivity (Wildman–Crippen MR) is 135 cm³/mol. The summed E-state index contributed by atoms with van der Waals surface area (Å²) in [6, 6.07) is 10.7. The number of guanidine groups is 1. The van der Waals surface area contributed by atoms with Crippen LogP contribution in [0.3, 0.4) is 0 Å². The predicted octanol–water partition coefficient (Wildman–Crippen LogP) is 3.73. The Morgan fingerprint density at radius 3 is 2.63 bits per heavy atom. The summed E-state index contributed by atoms with van der Waals surface area (Å²) in [5.41, 5.74) is 3.70. The summed E-state index contributed by atoms with van der Waals surface area (Å²) in [6.45, 7) is 8.93. The van der Waals surface area contributed by atoms with Crippen LogP contribution in [0.2, 0.25) is 5.02 Å². The smallest absolute Gasteiger partial charge is 0.194 e. The standard InChI is InChI=1S/C22H32ClN5O.HI/c1-4-24-22(27(3)17-21-13-20(23)16-26(21)2)25-14-18-6-5-7-19(12-18)15-28-8-10-29-11-9-28;/h5-7,12-13,16H,4,8-11,14-15,17H2,1-3H3,(H,24,25);1H. The Bertz CT molecular complexity index is 820. The number of aryl methyl sites for hydroxylation is 1. The van der Waals surface area contributed by atoms with Crippen LogP contribution in [0, 0.1) is 0 Å². The first-order chi connectivity index (χ1) is 14.0. The lowest BCUT2D eigenvalue weighted by molar-refractivity contribution is 0.0342. The van der Waals surface area contributed by atoms with Crippen LogP contribution < -0.4 is 5.32 Å². The van der Waals surface area contributed by atoms with Crippen molar-refractivity contribution < 1.29 is 4.74 Å². The van der Waals surface area contributed by atoms with Crippen LogP contribution in [0.1, 0.15) is 23.7 Å². The Morgan fingerprint density at radius 1 is 1.23 bits per heavy atom. The van der Waals surface area contributed by atoms with Gasteiger partial charge in [0, 0.05) is 52.2 Å². The molecular formula is C22H33ClIN5O. The Labute approximate surface area is 202 Å². The highest BCUT2D eigenvalue weighted by Crippen LogP contribution is 2.15. The molecule has 0 saturated carbocycles. The number of hydrogen-bond acceptors (Lipinski definition) is 3. The number of aliphatic imine (C=N–C) groups is 1. The van der Waals surface area contributed by atoms with E-state index >= 15 is 0 Å². The number of benzene rings is 1. The van der Waals surface area contributed by atoms with Gasteiger partial charge in [0.15, 0.2) is 5.96 Å². The zero-order valence-electron chi connectivity index (χ0n) is 18.1. The van der Waals surface area contributed by atoms with Crippen molar-refractivity contribution in [3.63, 3.8) is 0 Å². The van der Waals surface area contributed by atoms with Crippen LogP contribution >= 0.6 is 35.6 Å².